The van der Waals surface area contributed by atoms with Gasteiger partial charge in [0.05, 0.1) is 0 Å². The second kappa shape index (κ2) is 5.87. The van der Waals surface area contributed by atoms with Crippen LogP contribution in [0.1, 0.15) is 38.5 Å². The van der Waals surface area contributed by atoms with Crippen molar-refractivity contribution in [2.24, 2.45) is 5.92 Å². The number of nitrogens with zero attached hydrogens (tertiary/aromatic N) is 1. The molecule has 0 aromatic heterocycles. The molecule has 0 bridgehead atoms. The van der Waals surface area contributed by atoms with E-state index in [1.165, 1.54) is 24.8 Å². The van der Waals surface area contributed by atoms with E-state index in [1.807, 2.05) is 6.08 Å². The number of hydrogen-bond acceptors (Lipinski definition) is 2. The molecule has 96 valence electrons. The van der Waals surface area contributed by atoms with Gasteiger partial charge in [0, 0.05) is 18.1 Å². The highest BCUT2D eigenvalue weighted by Crippen LogP contribution is 2.37. The zero-order chi connectivity index (χ0) is 12.3. The zero-order valence-electron chi connectivity index (χ0n) is 10.0. The minimum absolute atomic E-state index is 0.317. The van der Waals surface area contributed by atoms with Crippen LogP contribution in [0.3, 0.4) is 0 Å². The van der Waals surface area contributed by atoms with E-state index in [2.05, 4.69) is 4.90 Å². The molecule has 1 saturated carbocycles. The minimum atomic E-state index is -0.683. The molecule has 1 heterocycles. The summed E-state index contributed by atoms with van der Waals surface area (Å²) in [4.78, 5) is 13.5. The molecule has 3 unspecified atom stereocenters. The fraction of sp³-hybridized carbons (Fsp3) is 0.769. The van der Waals surface area contributed by atoms with Gasteiger partial charge < -0.3 is 5.11 Å². The first-order chi connectivity index (χ1) is 8.24. The SMILES string of the molecule is O=C(O)C1CCC2CCCCC2N1CC=CCl. The van der Waals surface area contributed by atoms with Crippen LogP contribution >= 0.6 is 11.6 Å². The number of carboxylic acids is 1. The van der Waals surface area contributed by atoms with E-state index in [0.717, 1.165) is 19.3 Å². The van der Waals surface area contributed by atoms with Gasteiger partial charge in [-0.15, -0.1) is 0 Å². The van der Waals surface area contributed by atoms with Gasteiger partial charge in [-0.25, -0.2) is 0 Å². The first-order valence-electron chi connectivity index (χ1n) is 6.48. The van der Waals surface area contributed by atoms with Crippen molar-refractivity contribution in [3.63, 3.8) is 0 Å². The Kier molecular flexibility index (Phi) is 4.46. The van der Waals surface area contributed by atoms with Gasteiger partial charge in [0.15, 0.2) is 0 Å². The van der Waals surface area contributed by atoms with Gasteiger partial charge in [0.1, 0.15) is 6.04 Å². The van der Waals surface area contributed by atoms with Crippen molar-refractivity contribution < 1.29 is 9.90 Å². The highest BCUT2D eigenvalue weighted by molar-refractivity contribution is 6.25. The molecule has 0 radical (unpaired) electrons. The Balaban J connectivity index is 2.12. The first kappa shape index (κ1) is 12.9. The minimum Gasteiger partial charge on any atom is -0.480 e. The van der Waals surface area contributed by atoms with Gasteiger partial charge in [-0.05, 0) is 31.6 Å². The maximum Gasteiger partial charge on any atom is 0.320 e. The van der Waals surface area contributed by atoms with Crippen LogP contribution in [0.5, 0.6) is 0 Å². The molecule has 1 aliphatic heterocycles. The van der Waals surface area contributed by atoms with Gasteiger partial charge in [0.25, 0.3) is 0 Å². The third-order valence-electron chi connectivity index (χ3n) is 4.20. The van der Waals surface area contributed by atoms with Crippen molar-refractivity contribution in [1.82, 2.24) is 4.90 Å². The Bertz CT molecular complexity index is 306. The topological polar surface area (TPSA) is 40.5 Å². The maximum atomic E-state index is 11.3. The third-order valence-corrected chi connectivity index (χ3v) is 4.37. The molecule has 1 N–H and O–H groups in total. The molecule has 3 atom stereocenters. The lowest BCUT2D eigenvalue weighted by molar-refractivity contribution is -0.147. The maximum absolute atomic E-state index is 11.3. The fourth-order valence-electron chi connectivity index (χ4n) is 3.42. The van der Waals surface area contributed by atoms with Crippen molar-refractivity contribution >= 4 is 17.6 Å². The molecule has 2 fully saturated rings. The number of halogens is 1. The second-order valence-corrected chi connectivity index (χ2v) is 5.35. The number of carbonyl (C=O) groups is 1. The van der Waals surface area contributed by atoms with E-state index in [-0.39, 0.29) is 6.04 Å². The summed E-state index contributed by atoms with van der Waals surface area (Å²) in [5.74, 6) is 0.0140. The summed E-state index contributed by atoms with van der Waals surface area (Å²) in [5.41, 5.74) is 1.49. The third kappa shape index (κ3) is 2.83. The summed E-state index contributed by atoms with van der Waals surface area (Å²) in [6, 6.07) is 0.133. The number of carboxylic acid groups (broad SMARTS) is 1. The number of fused-ring (bicyclic) bond motifs is 1. The largest absolute Gasteiger partial charge is 0.480 e. The molecule has 3 nitrogen and oxygen atoms in total. The normalized spacial score (nSPS) is 34.8. The lowest BCUT2D eigenvalue weighted by Crippen LogP contribution is -2.54. The number of piperidine rings is 1. The number of aliphatic carboxylic acids is 1. The van der Waals surface area contributed by atoms with Crippen LogP contribution in [0, 0.1) is 5.92 Å². The predicted molar refractivity (Wildman–Crippen MR) is 68.1 cm³/mol. The van der Waals surface area contributed by atoms with E-state index in [0.29, 0.717) is 18.5 Å². The molecule has 1 aliphatic carbocycles. The average molecular weight is 258 g/mol. The van der Waals surface area contributed by atoms with Crippen molar-refractivity contribution in [3.8, 4) is 0 Å². The Morgan fingerprint density at radius 3 is 2.76 bits per heavy atom. The van der Waals surface area contributed by atoms with Crippen LogP contribution in [0.4, 0.5) is 0 Å². The summed E-state index contributed by atoms with van der Waals surface area (Å²) < 4.78 is 0. The van der Waals surface area contributed by atoms with Crippen LogP contribution < -0.4 is 0 Å². The molecule has 2 rings (SSSR count). The molecule has 1 saturated heterocycles. The Morgan fingerprint density at radius 1 is 1.29 bits per heavy atom. The highest BCUT2D eigenvalue weighted by atomic mass is 35.5. The molecule has 0 amide bonds. The smallest absolute Gasteiger partial charge is 0.320 e. The molecule has 2 aliphatic rings. The summed E-state index contributed by atoms with van der Waals surface area (Å²) in [6.45, 7) is 0.668. The van der Waals surface area contributed by atoms with E-state index in [4.69, 9.17) is 11.6 Å². The summed E-state index contributed by atoms with van der Waals surface area (Å²) in [7, 11) is 0. The van der Waals surface area contributed by atoms with Crippen LogP contribution in [0.15, 0.2) is 11.6 Å². The lowest BCUT2D eigenvalue weighted by Gasteiger charge is -2.46. The van der Waals surface area contributed by atoms with E-state index < -0.39 is 5.97 Å². The summed E-state index contributed by atoms with van der Waals surface area (Å²) >= 11 is 5.57. The molecule has 0 spiro atoms. The van der Waals surface area contributed by atoms with Gasteiger partial charge in [-0.2, -0.15) is 0 Å². The van der Waals surface area contributed by atoms with Gasteiger partial charge >= 0.3 is 5.97 Å². The van der Waals surface area contributed by atoms with Gasteiger partial charge in [-0.1, -0.05) is 30.5 Å². The number of rotatable bonds is 3. The second-order valence-electron chi connectivity index (χ2n) is 5.10. The summed E-state index contributed by atoms with van der Waals surface area (Å²) in [5, 5.41) is 9.30. The lowest BCUT2D eigenvalue weighted by atomic mass is 9.76. The van der Waals surface area contributed by atoms with Crippen LogP contribution in [-0.4, -0.2) is 34.6 Å². The number of hydrogen-bond donors (Lipinski definition) is 1. The Labute approximate surface area is 107 Å². The average Bonchev–Trinajstić information content (AvgIpc) is 2.35. The Hall–Kier alpha value is -0.540. The fourth-order valence-corrected chi connectivity index (χ4v) is 3.50. The van der Waals surface area contributed by atoms with E-state index >= 15 is 0 Å². The first-order valence-corrected chi connectivity index (χ1v) is 6.91. The zero-order valence-corrected chi connectivity index (χ0v) is 10.8. The van der Waals surface area contributed by atoms with Crippen LogP contribution in [0.25, 0.3) is 0 Å². The van der Waals surface area contributed by atoms with E-state index in [9.17, 15) is 9.90 Å². The van der Waals surface area contributed by atoms with Crippen molar-refractivity contribution in [2.75, 3.05) is 6.54 Å². The molecule has 0 aromatic carbocycles. The van der Waals surface area contributed by atoms with Crippen molar-refractivity contribution in [2.45, 2.75) is 50.6 Å². The highest BCUT2D eigenvalue weighted by Gasteiger charge is 2.40. The van der Waals surface area contributed by atoms with Crippen LogP contribution in [-0.2, 0) is 4.79 Å². The van der Waals surface area contributed by atoms with Crippen LogP contribution in [0.2, 0.25) is 0 Å². The van der Waals surface area contributed by atoms with Gasteiger partial charge in [-0.3, -0.25) is 9.69 Å². The van der Waals surface area contributed by atoms with Gasteiger partial charge in [0.2, 0.25) is 0 Å². The number of likely N-dealkylation sites (tertiary alicyclic amines) is 1. The van der Waals surface area contributed by atoms with E-state index in [1.54, 1.807) is 0 Å². The molecular formula is C13H20ClNO2. The monoisotopic (exact) mass is 257 g/mol. The molecular weight excluding hydrogens is 238 g/mol. The van der Waals surface area contributed by atoms with Crippen molar-refractivity contribution in [1.29, 1.82) is 0 Å². The summed E-state index contributed by atoms with van der Waals surface area (Å²) in [6.07, 6.45) is 8.65. The quantitative estimate of drug-likeness (QED) is 0.845. The standard InChI is InChI=1S/C13H20ClNO2/c14-8-3-9-15-11-5-2-1-4-10(11)6-7-12(15)13(16)17/h3,8,10-12H,1-2,4-7,9H2,(H,16,17). The van der Waals surface area contributed by atoms with Crippen molar-refractivity contribution in [3.05, 3.63) is 11.6 Å². The predicted octanol–water partition coefficient (Wildman–Crippen LogP) is 2.85. The molecule has 4 heteroatoms. The molecule has 17 heavy (non-hydrogen) atoms. The Morgan fingerprint density at radius 2 is 2.06 bits per heavy atom. The molecule has 0 aromatic rings.